The molecule has 8 heteroatoms. The van der Waals surface area contributed by atoms with Crippen LogP contribution in [-0.2, 0) is 0 Å². The van der Waals surface area contributed by atoms with Crippen LogP contribution in [0.15, 0.2) is 34.9 Å². The third-order valence-electron chi connectivity index (χ3n) is 4.80. The summed E-state index contributed by atoms with van der Waals surface area (Å²) in [4.78, 5) is 19.0. The Hall–Kier alpha value is -3.16. The Bertz CT molecular complexity index is 931. The van der Waals surface area contributed by atoms with Crippen LogP contribution >= 0.6 is 0 Å². The number of benzene rings is 1. The van der Waals surface area contributed by atoms with E-state index in [2.05, 4.69) is 20.3 Å². The van der Waals surface area contributed by atoms with Gasteiger partial charge in [-0.25, -0.2) is 0 Å². The molecule has 27 heavy (non-hydrogen) atoms. The van der Waals surface area contributed by atoms with Gasteiger partial charge in [0.15, 0.2) is 5.82 Å². The van der Waals surface area contributed by atoms with Crippen molar-refractivity contribution < 1.29 is 14.1 Å². The van der Waals surface area contributed by atoms with Crippen molar-refractivity contribution in [2.24, 2.45) is 0 Å². The lowest BCUT2D eigenvalue weighted by molar-refractivity contribution is 0.0689. The normalized spacial score (nSPS) is 17.1. The first-order valence-corrected chi connectivity index (χ1v) is 8.93. The highest BCUT2D eigenvalue weighted by Crippen LogP contribution is 2.27. The van der Waals surface area contributed by atoms with Crippen molar-refractivity contribution in [3.8, 4) is 17.0 Å². The van der Waals surface area contributed by atoms with Crippen LogP contribution in [0.4, 0.5) is 0 Å². The number of carbonyl (C=O) groups is 1. The average molecular weight is 367 g/mol. The van der Waals surface area contributed by atoms with Gasteiger partial charge in [0.25, 0.3) is 5.91 Å². The molecule has 0 aliphatic carbocycles. The Kier molecular flexibility index (Phi) is 4.62. The summed E-state index contributed by atoms with van der Waals surface area (Å²) in [7, 11) is 1.63. The van der Waals surface area contributed by atoms with E-state index in [0.29, 0.717) is 30.5 Å². The summed E-state index contributed by atoms with van der Waals surface area (Å²) in [6.07, 6.45) is 1.84. The van der Waals surface area contributed by atoms with Gasteiger partial charge in [-0.15, -0.1) is 0 Å². The van der Waals surface area contributed by atoms with Gasteiger partial charge in [0, 0.05) is 18.7 Å². The summed E-state index contributed by atoms with van der Waals surface area (Å²) in [5.41, 5.74) is 2.12. The molecule has 1 atom stereocenters. The van der Waals surface area contributed by atoms with Crippen molar-refractivity contribution in [2.45, 2.75) is 25.7 Å². The van der Waals surface area contributed by atoms with Crippen LogP contribution in [0.2, 0.25) is 0 Å². The molecule has 1 aliphatic heterocycles. The van der Waals surface area contributed by atoms with Gasteiger partial charge < -0.3 is 14.2 Å². The lowest BCUT2D eigenvalue weighted by Crippen LogP contribution is -2.39. The number of ether oxygens (including phenoxy) is 1. The molecule has 1 aliphatic rings. The smallest absolute Gasteiger partial charge is 0.271 e. The van der Waals surface area contributed by atoms with E-state index in [-0.39, 0.29) is 11.8 Å². The van der Waals surface area contributed by atoms with E-state index in [1.165, 1.54) is 0 Å². The standard InChI is InChI=1S/C19H21N5O3/c1-12-20-18(27-23-12)14-4-3-9-24(11-14)19(25)17-10-16(21-22-17)13-5-7-15(26-2)8-6-13/h5-8,10,14H,3-4,9,11H2,1-2H3,(H,21,22). The van der Waals surface area contributed by atoms with E-state index in [1.807, 2.05) is 29.2 Å². The summed E-state index contributed by atoms with van der Waals surface area (Å²) in [5, 5.41) is 11.0. The first kappa shape index (κ1) is 17.3. The van der Waals surface area contributed by atoms with Crippen LogP contribution in [0.25, 0.3) is 11.3 Å². The third-order valence-corrected chi connectivity index (χ3v) is 4.80. The number of hydrogen-bond acceptors (Lipinski definition) is 6. The van der Waals surface area contributed by atoms with E-state index in [0.717, 1.165) is 29.8 Å². The minimum Gasteiger partial charge on any atom is -0.497 e. The highest BCUT2D eigenvalue weighted by molar-refractivity contribution is 5.93. The van der Waals surface area contributed by atoms with Gasteiger partial charge in [-0.1, -0.05) is 5.16 Å². The summed E-state index contributed by atoms with van der Waals surface area (Å²) < 4.78 is 10.5. The molecule has 0 saturated carbocycles. The highest BCUT2D eigenvalue weighted by atomic mass is 16.5. The molecule has 1 aromatic carbocycles. The minimum atomic E-state index is -0.0665. The molecule has 3 aromatic rings. The number of amides is 1. The van der Waals surface area contributed by atoms with E-state index >= 15 is 0 Å². The molecule has 0 spiro atoms. The third kappa shape index (κ3) is 3.55. The Balaban J connectivity index is 1.48. The number of aromatic amines is 1. The van der Waals surface area contributed by atoms with Crippen LogP contribution in [0, 0.1) is 6.92 Å². The van der Waals surface area contributed by atoms with Crippen molar-refractivity contribution in [3.63, 3.8) is 0 Å². The fourth-order valence-corrected chi connectivity index (χ4v) is 3.35. The monoisotopic (exact) mass is 367 g/mol. The van der Waals surface area contributed by atoms with Gasteiger partial charge in [0.1, 0.15) is 11.4 Å². The maximum Gasteiger partial charge on any atom is 0.271 e. The number of likely N-dealkylation sites (tertiary alicyclic amines) is 1. The van der Waals surface area contributed by atoms with Gasteiger partial charge in [0.2, 0.25) is 5.89 Å². The second kappa shape index (κ2) is 7.22. The zero-order valence-corrected chi connectivity index (χ0v) is 15.3. The number of methoxy groups -OCH3 is 1. The summed E-state index contributed by atoms with van der Waals surface area (Å²) in [6, 6.07) is 9.35. The van der Waals surface area contributed by atoms with Crippen molar-refractivity contribution in [3.05, 3.63) is 47.7 Å². The van der Waals surface area contributed by atoms with Gasteiger partial charge in [-0.3, -0.25) is 9.89 Å². The largest absolute Gasteiger partial charge is 0.497 e. The van der Waals surface area contributed by atoms with Crippen molar-refractivity contribution >= 4 is 5.91 Å². The molecule has 1 amide bonds. The molecule has 0 radical (unpaired) electrons. The number of hydrogen-bond donors (Lipinski definition) is 1. The topological polar surface area (TPSA) is 97.1 Å². The first-order valence-electron chi connectivity index (χ1n) is 8.93. The number of aryl methyl sites for hydroxylation is 1. The lowest BCUT2D eigenvalue weighted by atomic mass is 9.97. The molecule has 0 bridgehead atoms. The molecule has 3 heterocycles. The van der Waals surface area contributed by atoms with Crippen molar-refractivity contribution in [2.75, 3.05) is 20.2 Å². The van der Waals surface area contributed by atoms with Gasteiger partial charge in [-0.05, 0) is 50.1 Å². The summed E-state index contributed by atoms with van der Waals surface area (Å²) in [6.45, 7) is 3.07. The van der Waals surface area contributed by atoms with E-state index in [9.17, 15) is 4.79 Å². The quantitative estimate of drug-likeness (QED) is 0.761. The van der Waals surface area contributed by atoms with E-state index in [1.54, 1.807) is 20.1 Å². The predicted molar refractivity (Wildman–Crippen MR) is 97.5 cm³/mol. The molecule has 4 rings (SSSR count). The number of nitrogens with zero attached hydrogens (tertiary/aromatic N) is 4. The second-order valence-corrected chi connectivity index (χ2v) is 6.67. The Morgan fingerprint density at radius 2 is 2.15 bits per heavy atom. The minimum absolute atomic E-state index is 0.0665. The van der Waals surface area contributed by atoms with Gasteiger partial charge >= 0.3 is 0 Å². The van der Waals surface area contributed by atoms with Crippen LogP contribution < -0.4 is 4.74 Å². The molecule has 8 nitrogen and oxygen atoms in total. The zero-order valence-electron chi connectivity index (χ0n) is 15.3. The first-order chi connectivity index (χ1) is 13.1. The summed E-state index contributed by atoms with van der Waals surface area (Å²) in [5.74, 6) is 2.01. The lowest BCUT2D eigenvalue weighted by Gasteiger charge is -2.30. The molecular weight excluding hydrogens is 346 g/mol. The predicted octanol–water partition coefficient (Wildman–Crippen LogP) is 2.80. The SMILES string of the molecule is COc1ccc(-c2cc(C(=O)N3CCCC(c4nc(C)no4)C3)[nH]n2)cc1. The maximum absolute atomic E-state index is 12.9. The molecule has 1 saturated heterocycles. The van der Waals surface area contributed by atoms with Crippen LogP contribution in [0.3, 0.4) is 0 Å². The molecule has 2 aromatic heterocycles. The van der Waals surface area contributed by atoms with E-state index in [4.69, 9.17) is 9.26 Å². The number of piperidine rings is 1. The number of carbonyl (C=O) groups excluding carboxylic acids is 1. The van der Waals surface area contributed by atoms with Crippen molar-refractivity contribution in [1.82, 2.24) is 25.2 Å². The molecular formula is C19H21N5O3. The molecule has 140 valence electrons. The summed E-state index contributed by atoms with van der Waals surface area (Å²) >= 11 is 0. The number of nitrogens with one attached hydrogen (secondary N) is 1. The number of aromatic nitrogens is 4. The second-order valence-electron chi connectivity index (χ2n) is 6.67. The van der Waals surface area contributed by atoms with Crippen LogP contribution in [0.5, 0.6) is 5.75 Å². The van der Waals surface area contributed by atoms with Crippen molar-refractivity contribution in [1.29, 1.82) is 0 Å². The fourth-order valence-electron chi connectivity index (χ4n) is 3.35. The molecule has 1 fully saturated rings. The maximum atomic E-state index is 12.9. The Morgan fingerprint density at radius 1 is 1.33 bits per heavy atom. The molecule has 1 N–H and O–H groups in total. The average Bonchev–Trinajstić information content (AvgIpc) is 3.37. The Labute approximate surface area is 156 Å². The van der Waals surface area contributed by atoms with Crippen LogP contribution in [0.1, 0.15) is 41.0 Å². The highest BCUT2D eigenvalue weighted by Gasteiger charge is 2.29. The fraction of sp³-hybridized carbons (Fsp3) is 0.368. The van der Waals surface area contributed by atoms with Crippen LogP contribution in [-0.4, -0.2) is 51.3 Å². The zero-order chi connectivity index (χ0) is 18.8. The number of H-pyrrole nitrogens is 1. The van der Waals surface area contributed by atoms with E-state index < -0.39 is 0 Å². The van der Waals surface area contributed by atoms with Gasteiger partial charge in [-0.2, -0.15) is 10.1 Å². The Morgan fingerprint density at radius 3 is 2.85 bits per heavy atom. The molecule has 1 unspecified atom stereocenters. The van der Waals surface area contributed by atoms with Gasteiger partial charge in [0.05, 0.1) is 18.7 Å². The number of rotatable bonds is 4.